The summed E-state index contributed by atoms with van der Waals surface area (Å²) in [5.74, 6) is 0.722. The fraction of sp³-hybridized carbons (Fsp3) is 0.522. The molecule has 0 aromatic carbocycles. The van der Waals surface area contributed by atoms with E-state index < -0.39 is 27.4 Å². The van der Waals surface area contributed by atoms with Crippen molar-refractivity contribution in [2.24, 2.45) is 0 Å². The van der Waals surface area contributed by atoms with Gasteiger partial charge in [-0.3, -0.25) is 9.29 Å². The maximum Gasteiger partial charge on any atom is 0.240 e. The van der Waals surface area contributed by atoms with Gasteiger partial charge in [0.25, 0.3) is 0 Å². The summed E-state index contributed by atoms with van der Waals surface area (Å²) >= 11 is 5.88. The molecule has 39 heavy (non-hydrogen) atoms. The number of ether oxygens (including phenoxy) is 5. The Hall–Kier alpha value is -2.95. The van der Waals surface area contributed by atoms with Crippen LogP contribution in [0.3, 0.4) is 0 Å². The average Bonchev–Trinajstić information content (AvgIpc) is 3.33. The highest BCUT2D eigenvalue weighted by Gasteiger charge is 2.35. The van der Waals surface area contributed by atoms with Crippen LogP contribution in [0.4, 0.5) is 5.95 Å². The van der Waals surface area contributed by atoms with Crippen LogP contribution in [-0.4, -0.2) is 98.3 Å². The lowest BCUT2D eigenvalue weighted by Crippen LogP contribution is -2.34. The SMILES string of the molecule is COCCOc1cccc(-c2nnc(NS(=O)(=O)C(C)C(OC)c3ncc(Cl)cn3)n2C(COC)COC)n1. The smallest absolute Gasteiger partial charge is 0.240 e. The third kappa shape index (κ3) is 7.80. The molecule has 214 valence electrons. The molecule has 0 radical (unpaired) electrons. The lowest BCUT2D eigenvalue weighted by atomic mass is 10.2. The van der Waals surface area contributed by atoms with Crippen molar-refractivity contribution in [1.82, 2.24) is 29.7 Å². The Labute approximate surface area is 232 Å². The number of rotatable bonds is 16. The van der Waals surface area contributed by atoms with Crippen LogP contribution in [0.25, 0.3) is 11.5 Å². The normalized spacial score (nSPS) is 13.4. The first-order valence-corrected chi connectivity index (χ1v) is 13.7. The zero-order valence-corrected chi connectivity index (χ0v) is 23.8. The maximum absolute atomic E-state index is 13.5. The minimum Gasteiger partial charge on any atom is -0.475 e. The molecule has 0 fully saturated rings. The topological polar surface area (TPSA) is 162 Å². The molecule has 0 bridgehead atoms. The van der Waals surface area contributed by atoms with E-state index in [1.807, 2.05) is 0 Å². The van der Waals surface area contributed by atoms with Gasteiger partial charge in [0.05, 0.1) is 30.9 Å². The number of sulfonamides is 1. The molecule has 1 N–H and O–H groups in total. The summed E-state index contributed by atoms with van der Waals surface area (Å²) in [6, 6.07) is 4.64. The van der Waals surface area contributed by atoms with Crippen LogP contribution in [0.15, 0.2) is 30.6 Å². The van der Waals surface area contributed by atoms with Crippen molar-refractivity contribution in [3.63, 3.8) is 0 Å². The Morgan fingerprint density at radius 2 is 1.69 bits per heavy atom. The number of nitrogens with zero attached hydrogens (tertiary/aromatic N) is 6. The predicted octanol–water partition coefficient (Wildman–Crippen LogP) is 2.16. The molecule has 0 aliphatic heterocycles. The highest BCUT2D eigenvalue weighted by atomic mass is 35.5. The molecular weight excluding hydrogens is 554 g/mol. The van der Waals surface area contributed by atoms with Crippen LogP contribution in [0.5, 0.6) is 5.88 Å². The van der Waals surface area contributed by atoms with Gasteiger partial charge >= 0.3 is 0 Å². The first kappa shape index (κ1) is 30.6. The van der Waals surface area contributed by atoms with Crippen LogP contribution >= 0.6 is 11.6 Å². The molecular formula is C23H32ClN7O7S. The Kier molecular flexibility index (Phi) is 11.3. The monoisotopic (exact) mass is 585 g/mol. The van der Waals surface area contributed by atoms with Gasteiger partial charge in [-0.05, 0) is 13.0 Å². The van der Waals surface area contributed by atoms with Gasteiger partial charge < -0.3 is 23.7 Å². The zero-order chi connectivity index (χ0) is 28.4. The Morgan fingerprint density at radius 1 is 1.00 bits per heavy atom. The van der Waals surface area contributed by atoms with Crippen LogP contribution in [0, 0.1) is 0 Å². The molecule has 3 aromatic heterocycles. The van der Waals surface area contributed by atoms with Gasteiger partial charge in [-0.1, -0.05) is 17.7 Å². The Balaban J connectivity index is 2.00. The largest absolute Gasteiger partial charge is 0.475 e. The van der Waals surface area contributed by atoms with E-state index >= 15 is 0 Å². The number of nitrogens with one attached hydrogen (secondary N) is 1. The van der Waals surface area contributed by atoms with Gasteiger partial charge in [-0.15, -0.1) is 10.2 Å². The van der Waals surface area contributed by atoms with E-state index in [-0.39, 0.29) is 30.8 Å². The summed E-state index contributed by atoms with van der Waals surface area (Å²) in [6.07, 6.45) is 1.74. The van der Waals surface area contributed by atoms with E-state index in [1.54, 1.807) is 29.9 Å². The van der Waals surface area contributed by atoms with Crippen LogP contribution < -0.4 is 9.46 Å². The van der Waals surface area contributed by atoms with Crippen molar-refractivity contribution in [2.45, 2.75) is 24.3 Å². The Morgan fingerprint density at radius 3 is 2.31 bits per heavy atom. The van der Waals surface area contributed by atoms with Crippen LogP contribution in [-0.2, 0) is 29.0 Å². The van der Waals surface area contributed by atoms with Gasteiger partial charge in [0.2, 0.25) is 21.9 Å². The number of anilines is 1. The van der Waals surface area contributed by atoms with Crippen molar-refractivity contribution in [1.29, 1.82) is 0 Å². The van der Waals surface area contributed by atoms with Gasteiger partial charge in [0.15, 0.2) is 11.6 Å². The fourth-order valence-electron chi connectivity index (χ4n) is 3.67. The van der Waals surface area contributed by atoms with E-state index in [0.717, 1.165) is 0 Å². The molecule has 3 rings (SSSR count). The van der Waals surface area contributed by atoms with Gasteiger partial charge in [-0.2, -0.15) is 0 Å². The van der Waals surface area contributed by atoms with Gasteiger partial charge in [0, 0.05) is 46.9 Å². The third-order valence-corrected chi connectivity index (χ3v) is 7.46. The first-order valence-electron chi connectivity index (χ1n) is 11.8. The lowest BCUT2D eigenvalue weighted by molar-refractivity contribution is 0.0907. The number of pyridine rings is 1. The summed E-state index contributed by atoms with van der Waals surface area (Å²) in [5.41, 5.74) is 0.400. The van der Waals surface area contributed by atoms with Crippen molar-refractivity contribution in [3.8, 4) is 17.4 Å². The number of halogens is 1. The summed E-state index contributed by atoms with van der Waals surface area (Å²) in [7, 11) is 1.88. The second-order valence-electron chi connectivity index (χ2n) is 8.25. The van der Waals surface area contributed by atoms with Crippen LogP contribution in [0.1, 0.15) is 24.9 Å². The number of hydrogen-bond donors (Lipinski definition) is 1. The molecule has 3 aromatic rings. The van der Waals surface area contributed by atoms with Crippen molar-refractivity contribution in [2.75, 3.05) is 59.6 Å². The molecule has 0 aliphatic rings. The predicted molar refractivity (Wildman–Crippen MR) is 142 cm³/mol. The van der Waals surface area contributed by atoms with E-state index in [4.69, 9.17) is 35.3 Å². The summed E-state index contributed by atoms with van der Waals surface area (Å²) in [4.78, 5) is 12.7. The van der Waals surface area contributed by atoms with Crippen molar-refractivity contribution in [3.05, 3.63) is 41.4 Å². The number of methoxy groups -OCH3 is 4. The summed E-state index contributed by atoms with van der Waals surface area (Å²) in [6.45, 7) is 2.51. The molecule has 0 aliphatic carbocycles. The molecule has 14 nitrogen and oxygen atoms in total. The fourth-order valence-corrected chi connectivity index (χ4v) is 4.91. The molecule has 2 atom stereocenters. The molecule has 3 heterocycles. The van der Waals surface area contributed by atoms with Crippen LogP contribution in [0.2, 0.25) is 5.02 Å². The van der Waals surface area contributed by atoms with Crippen molar-refractivity contribution >= 4 is 27.6 Å². The molecule has 0 saturated carbocycles. The minimum atomic E-state index is -4.11. The molecule has 0 amide bonds. The second kappa shape index (κ2) is 14.4. The van der Waals surface area contributed by atoms with Gasteiger partial charge in [-0.25, -0.2) is 23.4 Å². The summed E-state index contributed by atoms with van der Waals surface area (Å²) < 4.78 is 58.0. The van der Waals surface area contributed by atoms with E-state index in [9.17, 15) is 8.42 Å². The molecule has 2 unspecified atom stereocenters. The Bertz CT molecular complexity index is 1290. The average molecular weight is 586 g/mol. The van der Waals surface area contributed by atoms with E-state index in [0.29, 0.717) is 29.8 Å². The third-order valence-electron chi connectivity index (χ3n) is 5.57. The number of hydrogen-bond acceptors (Lipinski definition) is 12. The minimum absolute atomic E-state index is 0.0599. The van der Waals surface area contributed by atoms with Crippen molar-refractivity contribution < 1.29 is 32.1 Å². The standard InChI is InChI=1S/C23H32ClN7O7S/c1-15(20(37-5)21-25-11-16(24)12-26-21)39(32,33)30-23-29-28-22(31(23)17(13-35-3)14-36-4)18-7-6-8-19(27-18)38-10-9-34-2/h6-8,11-12,15,17,20H,9-10,13-14H2,1-5H3,(H,29,30). The second-order valence-corrected chi connectivity index (χ2v) is 10.7. The summed E-state index contributed by atoms with van der Waals surface area (Å²) in [5, 5.41) is 7.57. The molecule has 0 spiro atoms. The lowest BCUT2D eigenvalue weighted by Gasteiger charge is -2.24. The molecule has 16 heteroatoms. The maximum atomic E-state index is 13.5. The molecule has 0 saturated heterocycles. The van der Waals surface area contributed by atoms with E-state index in [2.05, 4.69) is 29.9 Å². The quantitative estimate of drug-likeness (QED) is 0.244. The highest BCUT2D eigenvalue weighted by molar-refractivity contribution is 7.93. The number of aromatic nitrogens is 6. The van der Waals surface area contributed by atoms with Gasteiger partial charge in [0.1, 0.15) is 23.7 Å². The highest BCUT2D eigenvalue weighted by Crippen LogP contribution is 2.29. The van der Waals surface area contributed by atoms with E-state index in [1.165, 1.54) is 40.6 Å². The first-order chi connectivity index (χ1) is 18.7. The zero-order valence-electron chi connectivity index (χ0n) is 22.3.